The fourth-order valence-electron chi connectivity index (χ4n) is 4.58. The zero-order valence-electron chi connectivity index (χ0n) is 25.4. The second kappa shape index (κ2) is 25.3. The summed E-state index contributed by atoms with van der Waals surface area (Å²) < 4.78 is 9.99. The lowest BCUT2D eigenvalue weighted by atomic mass is 10.0. The molecule has 0 aromatic rings. The highest BCUT2D eigenvalue weighted by Gasteiger charge is 2.36. The summed E-state index contributed by atoms with van der Waals surface area (Å²) in [6.45, 7) is 10.3. The summed E-state index contributed by atoms with van der Waals surface area (Å²) in [6, 6.07) is 0. The molecule has 0 saturated heterocycles. The Bertz CT molecular complexity index is 629. The number of carbonyl (C=O) groups is 2. The number of aliphatic hydroxyl groups excluding tert-OH is 1. The molecule has 0 atom stereocenters. The highest BCUT2D eigenvalue weighted by Crippen LogP contribution is 2.22. The van der Waals surface area contributed by atoms with Crippen molar-refractivity contribution in [3.05, 3.63) is 24.3 Å². The SMILES string of the molecule is C=C(C)C(=O)OC(O)(CCCCCCCCCCCCCCCCCCCCCCCCO)OC(=O)C(=C)C. The van der Waals surface area contributed by atoms with Gasteiger partial charge in [-0.15, -0.1) is 0 Å². The number of esters is 2. The maximum atomic E-state index is 11.8. The molecule has 0 rings (SSSR count). The molecule has 6 heteroatoms. The van der Waals surface area contributed by atoms with Crippen LogP contribution in [-0.2, 0) is 19.1 Å². The quantitative estimate of drug-likeness (QED) is 0.0436. The van der Waals surface area contributed by atoms with Gasteiger partial charge in [0, 0.05) is 17.8 Å². The van der Waals surface area contributed by atoms with Crippen LogP contribution in [0.15, 0.2) is 24.3 Å². The number of ether oxygens (including phenoxy) is 2. The van der Waals surface area contributed by atoms with Crippen LogP contribution in [0.4, 0.5) is 0 Å². The van der Waals surface area contributed by atoms with E-state index < -0.39 is 17.9 Å². The molecule has 0 spiro atoms. The molecule has 0 aromatic heterocycles. The Labute approximate surface area is 239 Å². The molecule has 0 saturated carbocycles. The molecule has 0 aliphatic heterocycles. The number of aliphatic hydroxyl groups is 2. The standard InChI is InChI=1S/C33H60O6/c1-29(2)31(35)38-33(37,39-32(36)30(3)4)27-25-23-21-19-17-15-13-11-9-7-5-6-8-10-12-14-16-18-20-22-24-26-28-34/h34,37H,1,3,5-28H2,2,4H3. The normalized spacial score (nSPS) is 11.4. The number of rotatable bonds is 28. The van der Waals surface area contributed by atoms with Crippen molar-refractivity contribution in [3.63, 3.8) is 0 Å². The summed E-state index contributed by atoms with van der Waals surface area (Å²) in [7, 11) is 0. The second-order valence-corrected chi connectivity index (χ2v) is 11.3. The third-order valence-corrected chi connectivity index (χ3v) is 7.10. The van der Waals surface area contributed by atoms with Crippen LogP contribution in [0.25, 0.3) is 0 Å². The average Bonchev–Trinajstić information content (AvgIpc) is 2.88. The van der Waals surface area contributed by atoms with E-state index in [4.69, 9.17) is 14.6 Å². The minimum atomic E-state index is -2.28. The molecule has 0 bridgehead atoms. The smallest absolute Gasteiger partial charge is 0.373 e. The first-order valence-corrected chi connectivity index (χ1v) is 15.8. The van der Waals surface area contributed by atoms with Crippen LogP contribution in [0.3, 0.4) is 0 Å². The van der Waals surface area contributed by atoms with Gasteiger partial charge in [0.15, 0.2) is 0 Å². The van der Waals surface area contributed by atoms with Gasteiger partial charge in [-0.1, -0.05) is 142 Å². The summed E-state index contributed by atoms with van der Waals surface area (Å²) in [5.74, 6) is -3.88. The fourth-order valence-corrected chi connectivity index (χ4v) is 4.58. The van der Waals surface area contributed by atoms with E-state index in [1.807, 2.05) is 0 Å². The third-order valence-electron chi connectivity index (χ3n) is 7.10. The maximum Gasteiger partial charge on any atom is 0.373 e. The fraction of sp³-hybridized carbons (Fsp3) is 0.818. The van der Waals surface area contributed by atoms with Crippen LogP contribution in [0.5, 0.6) is 0 Å². The van der Waals surface area contributed by atoms with Crippen molar-refractivity contribution in [3.8, 4) is 0 Å². The number of carbonyl (C=O) groups excluding carboxylic acids is 2. The van der Waals surface area contributed by atoms with E-state index in [0.717, 1.165) is 25.7 Å². The number of hydrogen-bond acceptors (Lipinski definition) is 6. The predicted molar refractivity (Wildman–Crippen MR) is 160 cm³/mol. The average molecular weight is 553 g/mol. The van der Waals surface area contributed by atoms with Gasteiger partial charge >= 0.3 is 17.9 Å². The lowest BCUT2D eigenvalue weighted by Crippen LogP contribution is -2.40. The van der Waals surface area contributed by atoms with Crippen LogP contribution in [0, 0.1) is 0 Å². The summed E-state index contributed by atoms with van der Waals surface area (Å²) >= 11 is 0. The molecular formula is C33H60O6. The third kappa shape index (κ3) is 23.9. The van der Waals surface area contributed by atoms with Crippen molar-refractivity contribution < 1.29 is 29.3 Å². The Morgan fingerprint density at radius 2 is 0.744 bits per heavy atom. The van der Waals surface area contributed by atoms with Gasteiger partial charge in [0.25, 0.3) is 0 Å². The Morgan fingerprint density at radius 3 is 0.974 bits per heavy atom. The number of hydrogen-bond donors (Lipinski definition) is 2. The Hall–Kier alpha value is -1.66. The maximum absolute atomic E-state index is 11.8. The molecule has 0 radical (unpaired) electrons. The first kappa shape index (κ1) is 37.3. The molecule has 0 aliphatic carbocycles. The second-order valence-electron chi connectivity index (χ2n) is 11.3. The zero-order chi connectivity index (χ0) is 29.2. The van der Waals surface area contributed by atoms with Crippen LogP contribution >= 0.6 is 0 Å². The van der Waals surface area contributed by atoms with Crippen molar-refractivity contribution in [1.82, 2.24) is 0 Å². The van der Waals surface area contributed by atoms with E-state index in [9.17, 15) is 14.7 Å². The lowest BCUT2D eigenvalue weighted by Gasteiger charge is -2.27. The van der Waals surface area contributed by atoms with E-state index in [2.05, 4.69) is 13.2 Å². The van der Waals surface area contributed by atoms with Gasteiger partial charge in [-0.25, -0.2) is 9.59 Å². The van der Waals surface area contributed by atoms with E-state index >= 15 is 0 Å². The predicted octanol–water partition coefficient (Wildman–Crippen LogP) is 8.84. The highest BCUT2D eigenvalue weighted by molar-refractivity contribution is 5.88. The van der Waals surface area contributed by atoms with E-state index in [1.165, 1.54) is 123 Å². The van der Waals surface area contributed by atoms with Crippen LogP contribution in [-0.4, -0.2) is 34.7 Å². The molecule has 39 heavy (non-hydrogen) atoms. The Kier molecular flexibility index (Phi) is 24.2. The molecule has 2 N–H and O–H groups in total. The Balaban J connectivity index is 3.59. The molecule has 0 aliphatic rings. The summed E-state index contributed by atoms with van der Waals surface area (Å²) in [5, 5.41) is 19.3. The Morgan fingerprint density at radius 1 is 0.513 bits per heavy atom. The van der Waals surface area contributed by atoms with Gasteiger partial charge in [0.2, 0.25) is 0 Å². The van der Waals surface area contributed by atoms with Crippen molar-refractivity contribution in [2.24, 2.45) is 0 Å². The molecule has 6 nitrogen and oxygen atoms in total. The van der Waals surface area contributed by atoms with Gasteiger partial charge in [-0.3, -0.25) is 0 Å². The van der Waals surface area contributed by atoms with E-state index in [-0.39, 0.29) is 17.6 Å². The monoisotopic (exact) mass is 552 g/mol. The first-order valence-electron chi connectivity index (χ1n) is 15.8. The molecule has 0 aromatic carbocycles. The van der Waals surface area contributed by atoms with Crippen molar-refractivity contribution in [1.29, 1.82) is 0 Å². The molecule has 228 valence electrons. The van der Waals surface area contributed by atoms with Crippen LogP contribution in [0.2, 0.25) is 0 Å². The summed E-state index contributed by atoms with van der Waals surface area (Å²) in [5.41, 5.74) is 0.248. The van der Waals surface area contributed by atoms with E-state index in [1.54, 1.807) is 0 Å². The van der Waals surface area contributed by atoms with Gasteiger partial charge in [0.05, 0.1) is 6.42 Å². The minimum absolute atomic E-state index is 0.0256. The van der Waals surface area contributed by atoms with Crippen molar-refractivity contribution >= 4 is 11.9 Å². The molecule has 0 heterocycles. The van der Waals surface area contributed by atoms with Crippen LogP contribution in [0.1, 0.15) is 162 Å². The van der Waals surface area contributed by atoms with Crippen molar-refractivity contribution in [2.45, 2.75) is 167 Å². The van der Waals surface area contributed by atoms with Gasteiger partial charge in [0.1, 0.15) is 0 Å². The molecule has 0 amide bonds. The highest BCUT2D eigenvalue weighted by atomic mass is 16.8. The minimum Gasteiger partial charge on any atom is -0.396 e. The van der Waals surface area contributed by atoms with Crippen LogP contribution < -0.4 is 0 Å². The lowest BCUT2D eigenvalue weighted by molar-refractivity contribution is -0.325. The molecule has 0 unspecified atom stereocenters. The molecular weight excluding hydrogens is 492 g/mol. The van der Waals surface area contributed by atoms with Crippen molar-refractivity contribution in [2.75, 3.05) is 6.61 Å². The topological polar surface area (TPSA) is 93.1 Å². The number of unbranched alkanes of at least 4 members (excludes halogenated alkanes) is 21. The first-order chi connectivity index (χ1) is 18.7. The summed E-state index contributed by atoms with van der Waals surface area (Å²) in [4.78, 5) is 23.7. The zero-order valence-corrected chi connectivity index (χ0v) is 25.4. The summed E-state index contributed by atoms with van der Waals surface area (Å²) in [6.07, 6.45) is 27.3. The largest absolute Gasteiger partial charge is 0.396 e. The van der Waals surface area contributed by atoms with Gasteiger partial charge < -0.3 is 19.7 Å². The van der Waals surface area contributed by atoms with E-state index in [0.29, 0.717) is 13.0 Å². The van der Waals surface area contributed by atoms with Gasteiger partial charge in [-0.2, -0.15) is 0 Å². The molecule has 0 fully saturated rings. The van der Waals surface area contributed by atoms with Gasteiger partial charge in [-0.05, 0) is 26.7 Å².